The van der Waals surface area contributed by atoms with Crippen LogP contribution < -0.4 is 5.73 Å². The summed E-state index contributed by atoms with van der Waals surface area (Å²) in [5.74, 6) is -2.39. The van der Waals surface area contributed by atoms with Gasteiger partial charge in [-0.2, -0.15) is 0 Å². The first-order valence-electron chi connectivity index (χ1n) is 24.7. The molecule has 0 aliphatic carbocycles. The Balaban J connectivity index is 4.26. The van der Waals surface area contributed by atoms with Crippen LogP contribution in [0.4, 0.5) is 0 Å². The summed E-state index contributed by atoms with van der Waals surface area (Å²) in [6.45, 7) is 2.77. The van der Waals surface area contributed by atoms with Gasteiger partial charge in [0.2, 0.25) is 0 Å². The van der Waals surface area contributed by atoms with Gasteiger partial charge < -0.3 is 25.2 Å². The quantitative estimate of drug-likeness (QED) is 0.0230. The Morgan fingerprint density at radius 2 is 0.855 bits per heavy atom. The zero-order valence-corrected chi connectivity index (χ0v) is 40.1. The summed E-state index contributed by atoms with van der Waals surface area (Å²) in [6, 6.07) is -1.52. The van der Waals surface area contributed by atoms with Gasteiger partial charge in [0.15, 0.2) is 6.10 Å². The van der Waals surface area contributed by atoms with E-state index in [1.54, 1.807) is 0 Å². The lowest BCUT2D eigenvalue weighted by Crippen LogP contribution is -2.34. The average molecular weight is 896 g/mol. The van der Waals surface area contributed by atoms with E-state index in [1.165, 1.54) is 109 Å². The smallest absolute Gasteiger partial charge is 0.472 e. The summed E-state index contributed by atoms with van der Waals surface area (Å²) >= 11 is 0. The van der Waals surface area contributed by atoms with Crippen molar-refractivity contribution in [2.24, 2.45) is 5.73 Å². The second-order valence-corrected chi connectivity index (χ2v) is 18.0. The van der Waals surface area contributed by atoms with Crippen LogP contribution in [0.15, 0.2) is 48.6 Å². The van der Waals surface area contributed by atoms with Crippen LogP contribution in [0.1, 0.15) is 219 Å². The molecule has 3 unspecified atom stereocenters. The minimum atomic E-state index is -4.72. The van der Waals surface area contributed by atoms with Crippen molar-refractivity contribution in [3.05, 3.63) is 48.6 Å². The van der Waals surface area contributed by atoms with Gasteiger partial charge in [-0.3, -0.25) is 23.4 Å². The molecule has 0 fully saturated rings. The first-order valence-corrected chi connectivity index (χ1v) is 26.2. The molecule has 0 bridgehead atoms. The van der Waals surface area contributed by atoms with Crippen molar-refractivity contribution < 1.29 is 47.5 Å². The number of carbonyl (C=O) groups excluding carboxylic acids is 2. The van der Waals surface area contributed by atoms with Gasteiger partial charge >= 0.3 is 25.7 Å². The van der Waals surface area contributed by atoms with Crippen LogP contribution >= 0.6 is 7.82 Å². The zero-order chi connectivity index (χ0) is 45.6. The molecule has 62 heavy (non-hydrogen) atoms. The summed E-state index contributed by atoms with van der Waals surface area (Å²) in [5.41, 5.74) is 5.35. The topological polar surface area (TPSA) is 172 Å². The molecule has 360 valence electrons. The van der Waals surface area contributed by atoms with Crippen molar-refractivity contribution >= 4 is 25.7 Å². The van der Waals surface area contributed by atoms with Crippen molar-refractivity contribution in [3.63, 3.8) is 0 Å². The van der Waals surface area contributed by atoms with Crippen LogP contribution in [-0.4, -0.2) is 59.9 Å². The molecular weight excluding hydrogens is 806 g/mol. The molecule has 0 aliphatic heterocycles. The Morgan fingerprint density at radius 3 is 1.29 bits per heavy atom. The van der Waals surface area contributed by atoms with E-state index in [-0.39, 0.29) is 19.4 Å². The minimum Gasteiger partial charge on any atom is -0.480 e. The van der Waals surface area contributed by atoms with Crippen LogP contribution in [-0.2, 0) is 37.5 Å². The molecule has 0 spiro atoms. The molecule has 0 saturated heterocycles. The van der Waals surface area contributed by atoms with Crippen molar-refractivity contribution in [3.8, 4) is 0 Å². The number of rotatable bonds is 46. The minimum absolute atomic E-state index is 0.155. The number of carboxylic acid groups (broad SMARTS) is 1. The molecule has 0 heterocycles. The molecule has 11 nitrogen and oxygen atoms in total. The summed E-state index contributed by atoms with van der Waals surface area (Å²) in [6.07, 6.45) is 51.7. The average Bonchev–Trinajstić information content (AvgIpc) is 3.25. The molecule has 0 radical (unpaired) electrons. The first kappa shape index (κ1) is 59.4. The van der Waals surface area contributed by atoms with Gasteiger partial charge in [0.1, 0.15) is 12.6 Å². The highest BCUT2D eigenvalue weighted by molar-refractivity contribution is 7.47. The normalized spacial score (nSPS) is 14.0. The lowest BCUT2D eigenvalue weighted by molar-refractivity contribution is -0.161. The van der Waals surface area contributed by atoms with Crippen LogP contribution in [0.25, 0.3) is 0 Å². The van der Waals surface area contributed by atoms with Crippen molar-refractivity contribution in [2.75, 3.05) is 19.8 Å². The molecule has 3 atom stereocenters. The van der Waals surface area contributed by atoms with Crippen LogP contribution in [0.5, 0.6) is 0 Å². The number of aliphatic carboxylic acids is 1. The Morgan fingerprint density at radius 1 is 0.500 bits per heavy atom. The van der Waals surface area contributed by atoms with E-state index in [9.17, 15) is 23.8 Å². The van der Waals surface area contributed by atoms with Crippen LogP contribution in [0, 0.1) is 0 Å². The maximum absolute atomic E-state index is 12.7. The maximum atomic E-state index is 12.7. The Hall–Kier alpha value is -2.56. The van der Waals surface area contributed by atoms with E-state index >= 15 is 0 Å². The second kappa shape index (κ2) is 45.0. The van der Waals surface area contributed by atoms with Crippen molar-refractivity contribution in [1.82, 2.24) is 0 Å². The molecule has 0 aromatic rings. The van der Waals surface area contributed by atoms with Gasteiger partial charge in [-0.15, -0.1) is 0 Å². The van der Waals surface area contributed by atoms with E-state index in [0.29, 0.717) is 12.8 Å². The van der Waals surface area contributed by atoms with E-state index in [4.69, 9.17) is 24.8 Å². The molecule has 0 aliphatic rings. The van der Waals surface area contributed by atoms with E-state index in [1.807, 2.05) is 0 Å². The number of ether oxygens (including phenoxy) is 2. The number of phosphoric acid groups is 1. The van der Waals surface area contributed by atoms with Gasteiger partial charge in [0.05, 0.1) is 13.2 Å². The maximum Gasteiger partial charge on any atom is 0.472 e. The van der Waals surface area contributed by atoms with Crippen LogP contribution in [0.2, 0.25) is 0 Å². The Kier molecular flexibility index (Phi) is 43.2. The fourth-order valence-electron chi connectivity index (χ4n) is 6.66. The van der Waals surface area contributed by atoms with Crippen molar-refractivity contribution in [1.29, 1.82) is 0 Å². The van der Waals surface area contributed by atoms with Crippen LogP contribution in [0.3, 0.4) is 0 Å². The summed E-state index contributed by atoms with van der Waals surface area (Å²) in [4.78, 5) is 46.1. The van der Waals surface area contributed by atoms with E-state index in [2.05, 4.69) is 67.0 Å². The molecule has 0 aromatic carbocycles. The van der Waals surface area contributed by atoms with Gasteiger partial charge in [-0.25, -0.2) is 4.57 Å². The number of esters is 2. The number of nitrogens with two attached hydrogens (primary N) is 1. The number of hydrogen-bond acceptors (Lipinski definition) is 9. The summed E-state index contributed by atoms with van der Waals surface area (Å²) in [7, 11) is -4.72. The molecule has 0 rings (SSSR count). The number of unbranched alkanes of at least 4 members (excludes halogenated alkanes) is 24. The molecule has 0 amide bonds. The van der Waals surface area contributed by atoms with Gasteiger partial charge in [0, 0.05) is 12.8 Å². The lowest BCUT2D eigenvalue weighted by Gasteiger charge is -2.20. The summed E-state index contributed by atoms with van der Waals surface area (Å²) < 4.78 is 32.8. The third kappa shape index (κ3) is 44.1. The summed E-state index contributed by atoms with van der Waals surface area (Å²) in [5, 5.41) is 8.91. The zero-order valence-electron chi connectivity index (χ0n) is 39.2. The van der Waals surface area contributed by atoms with Gasteiger partial charge in [0.25, 0.3) is 0 Å². The van der Waals surface area contributed by atoms with E-state index < -0.39 is 51.1 Å². The predicted molar refractivity (Wildman–Crippen MR) is 254 cm³/mol. The molecule has 4 N–H and O–H groups in total. The monoisotopic (exact) mass is 896 g/mol. The number of phosphoric ester groups is 1. The third-order valence-corrected chi connectivity index (χ3v) is 11.5. The number of carboxylic acids is 1. The molecule has 0 saturated carbocycles. The van der Waals surface area contributed by atoms with E-state index in [0.717, 1.165) is 70.6 Å². The lowest BCUT2D eigenvalue weighted by atomic mass is 10.0. The third-order valence-electron chi connectivity index (χ3n) is 10.5. The SMILES string of the molecule is CCCCC/C=C\C/C=C\CCCCCCCC(=O)OCC(COP(=O)(O)OCC(N)C(=O)O)OC(=O)CCCCCCCCCCCCC/C=C\C/C=C\CCCCCCC. The number of allylic oxidation sites excluding steroid dienone is 8. The fraction of sp³-hybridized carbons (Fsp3) is 0.780. The standard InChI is InChI=1S/C50H90NO10P/c1-3-5-7-9-11-13-15-17-19-20-21-22-23-24-25-26-28-30-32-34-36-38-40-42-49(53)61-46(44-59-62(56,57)60-45-47(51)50(54)55)43-58-48(52)41-39-37-35-33-31-29-27-18-16-14-12-10-8-6-4-2/h12,14-15,17-18,20-21,27,46-47H,3-11,13,16,19,22-26,28-45,51H2,1-2H3,(H,54,55)(H,56,57)/b14-12-,17-15-,21-20-,27-18-. The highest BCUT2D eigenvalue weighted by Crippen LogP contribution is 2.43. The molecule has 12 heteroatoms. The fourth-order valence-corrected chi connectivity index (χ4v) is 7.43. The first-order chi connectivity index (χ1) is 30.1. The highest BCUT2D eigenvalue weighted by atomic mass is 31.2. The Bertz CT molecular complexity index is 1240. The highest BCUT2D eigenvalue weighted by Gasteiger charge is 2.28. The number of hydrogen-bond donors (Lipinski definition) is 3. The Labute approximate surface area is 377 Å². The number of carbonyl (C=O) groups is 3. The molecular formula is C50H90NO10P. The van der Waals surface area contributed by atoms with Gasteiger partial charge in [-0.05, 0) is 77.0 Å². The predicted octanol–water partition coefficient (Wildman–Crippen LogP) is 13.7. The second-order valence-electron chi connectivity index (χ2n) is 16.6. The van der Waals surface area contributed by atoms with Gasteiger partial charge in [-0.1, -0.05) is 178 Å². The molecule has 0 aromatic heterocycles. The van der Waals surface area contributed by atoms with Crippen molar-refractivity contribution in [2.45, 2.75) is 231 Å². The largest absolute Gasteiger partial charge is 0.480 e.